The zero-order valence-electron chi connectivity index (χ0n) is 12.0. The molecule has 0 saturated carbocycles. The summed E-state index contributed by atoms with van der Waals surface area (Å²) in [5.74, 6) is 0.295. The Morgan fingerprint density at radius 3 is 2.55 bits per heavy atom. The highest BCUT2D eigenvalue weighted by Crippen LogP contribution is 2.27. The summed E-state index contributed by atoms with van der Waals surface area (Å²) in [6, 6.07) is 4.66. The Labute approximate surface area is 117 Å². The van der Waals surface area contributed by atoms with Crippen LogP contribution in [0.1, 0.15) is 5.69 Å². The van der Waals surface area contributed by atoms with E-state index in [1.807, 2.05) is 21.1 Å². The summed E-state index contributed by atoms with van der Waals surface area (Å²) in [5, 5.41) is 0. The Kier molecular flexibility index (Phi) is 3.59. The molecule has 6 heteroatoms. The molecule has 1 heterocycles. The van der Waals surface area contributed by atoms with E-state index in [9.17, 15) is 4.39 Å². The van der Waals surface area contributed by atoms with Gasteiger partial charge in [0, 0.05) is 11.6 Å². The third-order valence-electron chi connectivity index (χ3n) is 2.55. The van der Waals surface area contributed by atoms with Crippen molar-refractivity contribution in [2.24, 2.45) is 0 Å². The van der Waals surface area contributed by atoms with Crippen LogP contribution in [0.25, 0.3) is 11.3 Å². The first-order valence-electron chi connectivity index (χ1n) is 6.16. The number of nitrogens with two attached hydrogens (primary N) is 1. The van der Waals surface area contributed by atoms with Gasteiger partial charge in [-0.05, 0) is 19.1 Å². The summed E-state index contributed by atoms with van der Waals surface area (Å²) in [4.78, 5) is 13.8. The fraction of sp³-hybridized carbons (Fsp3) is 0.286. The van der Waals surface area contributed by atoms with E-state index in [1.165, 1.54) is 12.3 Å². The van der Waals surface area contributed by atoms with Crippen molar-refractivity contribution in [2.45, 2.75) is 6.92 Å². The number of anilines is 1. The summed E-state index contributed by atoms with van der Waals surface area (Å²) >= 11 is 0. The molecule has 0 aliphatic heterocycles. The summed E-state index contributed by atoms with van der Waals surface area (Å²) in [5.41, 5.74) is 7.03. The summed E-state index contributed by atoms with van der Waals surface area (Å²) < 4.78 is 14.5. The zero-order chi connectivity index (χ0) is 14.9. The second-order valence-electron chi connectivity index (χ2n) is 5.35. The third kappa shape index (κ3) is 3.21. The molecule has 2 aromatic rings. The molecule has 5 nitrogen and oxygen atoms in total. The lowest BCUT2D eigenvalue weighted by molar-refractivity contribution is -1.03. The molecule has 0 radical (unpaired) electrons. The van der Waals surface area contributed by atoms with E-state index in [4.69, 9.17) is 10.6 Å². The summed E-state index contributed by atoms with van der Waals surface area (Å²) in [6.07, 6.45) is 1.45. The zero-order valence-corrected chi connectivity index (χ0v) is 12.0. The third-order valence-corrected chi connectivity index (χ3v) is 2.55. The lowest BCUT2D eigenvalue weighted by Gasteiger charge is -2.22. The van der Waals surface area contributed by atoms with Gasteiger partial charge in [0.2, 0.25) is 0 Å². The average molecular weight is 277 g/mol. The number of quaternary nitrogens is 1. The topological polar surface area (TPSA) is 61.0 Å². The molecule has 0 amide bonds. The smallest absolute Gasteiger partial charge is 0.193 e. The highest BCUT2D eigenvalue weighted by molar-refractivity contribution is 5.64. The van der Waals surface area contributed by atoms with E-state index in [1.54, 1.807) is 19.1 Å². The van der Waals surface area contributed by atoms with E-state index in [0.29, 0.717) is 22.7 Å². The van der Waals surface area contributed by atoms with Crippen LogP contribution in [0.5, 0.6) is 5.75 Å². The number of hydroxylamine groups is 3. The van der Waals surface area contributed by atoms with E-state index in [0.717, 1.165) is 0 Å². The first kappa shape index (κ1) is 14.2. The summed E-state index contributed by atoms with van der Waals surface area (Å²) in [7, 11) is 5.54. The maximum absolute atomic E-state index is 14.2. The number of hydrogen-bond donors (Lipinski definition) is 1. The number of benzene rings is 1. The molecule has 2 N–H and O–H groups in total. The van der Waals surface area contributed by atoms with Crippen molar-refractivity contribution in [1.82, 2.24) is 9.97 Å². The Morgan fingerprint density at radius 1 is 1.25 bits per heavy atom. The Balaban J connectivity index is 2.42. The number of aryl methyl sites for hydroxylation is 1. The van der Waals surface area contributed by atoms with Crippen LogP contribution < -0.4 is 10.6 Å². The fourth-order valence-corrected chi connectivity index (χ4v) is 1.78. The number of rotatable bonds is 3. The monoisotopic (exact) mass is 277 g/mol. The van der Waals surface area contributed by atoms with Crippen LogP contribution in [0.2, 0.25) is 0 Å². The van der Waals surface area contributed by atoms with Gasteiger partial charge in [0.25, 0.3) is 0 Å². The Hall–Kier alpha value is -2.21. The van der Waals surface area contributed by atoms with Crippen LogP contribution in [0, 0.1) is 12.7 Å². The lowest BCUT2D eigenvalue weighted by Crippen LogP contribution is -2.38. The van der Waals surface area contributed by atoms with Gasteiger partial charge in [-0.3, -0.25) is 4.98 Å². The lowest BCUT2D eigenvalue weighted by atomic mass is 10.1. The molecule has 0 spiro atoms. The fourth-order valence-electron chi connectivity index (χ4n) is 1.78. The Morgan fingerprint density at radius 2 is 1.95 bits per heavy atom. The average Bonchev–Trinajstić information content (AvgIpc) is 2.31. The first-order chi connectivity index (χ1) is 9.26. The second-order valence-corrected chi connectivity index (χ2v) is 5.35. The molecule has 20 heavy (non-hydrogen) atoms. The SMILES string of the molecule is Cc1ncc(N)nc1-c1ccc(O[N+](C)(C)C)cc1F. The Bertz CT molecular complexity index is 638. The van der Waals surface area contributed by atoms with Crippen LogP contribution >= 0.6 is 0 Å². The van der Waals surface area contributed by atoms with Crippen LogP contribution in [0.3, 0.4) is 0 Å². The van der Waals surface area contributed by atoms with Gasteiger partial charge in [-0.25, -0.2) is 9.37 Å². The van der Waals surface area contributed by atoms with Crippen molar-refractivity contribution in [3.8, 4) is 17.0 Å². The predicted molar refractivity (Wildman–Crippen MR) is 75.2 cm³/mol. The van der Waals surface area contributed by atoms with Crippen LogP contribution in [-0.4, -0.2) is 35.8 Å². The van der Waals surface area contributed by atoms with E-state index in [-0.39, 0.29) is 10.5 Å². The van der Waals surface area contributed by atoms with Gasteiger partial charge in [-0.15, -0.1) is 4.65 Å². The molecular formula is C14H18FN4O+. The molecule has 0 fully saturated rings. The van der Waals surface area contributed by atoms with Crippen molar-refractivity contribution in [3.63, 3.8) is 0 Å². The van der Waals surface area contributed by atoms with Gasteiger partial charge in [-0.1, -0.05) is 0 Å². The molecule has 0 unspecified atom stereocenters. The minimum atomic E-state index is -0.418. The molecular weight excluding hydrogens is 259 g/mol. The van der Waals surface area contributed by atoms with Gasteiger partial charge in [0.05, 0.1) is 17.6 Å². The highest BCUT2D eigenvalue weighted by atomic mass is 19.1. The second kappa shape index (κ2) is 5.05. The van der Waals surface area contributed by atoms with Gasteiger partial charge < -0.3 is 10.6 Å². The minimum absolute atomic E-state index is 0.246. The molecule has 2 rings (SSSR count). The molecule has 1 aromatic heterocycles. The molecule has 0 aliphatic rings. The maximum atomic E-state index is 14.2. The van der Waals surface area contributed by atoms with E-state index < -0.39 is 5.82 Å². The van der Waals surface area contributed by atoms with Gasteiger partial charge in [0.15, 0.2) is 5.75 Å². The van der Waals surface area contributed by atoms with Crippen molar-refractivity contribution in [1.29, 1.82) is 0 Å². The van der Waals surface area contributed by atoms with E-state index in [2.05, 4.69) is 9.97 Å². The standard InChI is InChI=1S/C14H18FN4O/c1-9-14(18-13(16)8-17-9)11-6-5-10(7-12(11)15)20-19(2,3)4/h5-8H,1-4H3,(H2,16,18)/q+1. The normalized spacial score (nSPS) is 11.4. The van der Waals surface area contributed by atoms with Crippen LogP contribution in [0.4, 0.5) is 10.2 Å². The van der Waals surface area contributed by atoms with Gasteiger partial charge in [0.1, 0.15) is 32.8 Å². The van der Waals surface area contributed by atoms with E-state index >= 15 is 0 Å². The maximum Gasteiger partial charge on any atom is 0.193 e. The van der Waals surface area contributed by atoms with Crippen molar-refractivity contribution in [2.75, 3.05) is 26.9 Å². The molecule has 0 atom stereocenters. The van der Waals surface area contributed by atoms with Crippen molar-refractivity contribution in [3.05, 3.63) is 35.9 Å². The minimum Gasteiger partial charge on any atom is -0.382 e. The molecule has 0 saturated heterocycles. The first-order valence-corrected chi connectivity index (χ1v) is 6.16. The quantitative estimate of drug-likeness (QED) is 0.690. The number of nitrogens with zero attached hydrogens (tertiary/aromatic N) is 3. The van der Waals surface area contributed by atoms with Gasteiger partial charge >= 0.3 is 0 Å². The van der Waals surface area contributed by atoms with Crippen LogP contribution in [0.15, 0.2) is 24.4 Å². The predicted octanol–water partition coefficient (Wildman–Crippen LogP) is 2.17. The number of halogens is 1. The number of hydrogen-bond acceptors (Lipinski definition) is 4. The van der Waals surface area contributed by atoms with Gasteiger partial charge in [-0.2, -0.15) is 0 Å². The highest BCUT2D eigenvalue weighted by Gasteiger charge is 2.15. The largest absolute Gasteiger partial charge is 0.382 e. The van der Waals surface area contributed by atoms with Crippen LogP contribution in [-0.2, 0) is 0 Å². The van der Waals surface area contributed by atoms with Crippen molar-refractivity contribution < 1.29 is 13.9 Å². The molecule has 0 aliphatic carbocycles. The summed E-state index contributed by atoms with van der Waals surface area (Å²) in [6.45, 7) is 1.76. The number of aromatic nitrogens is 2. The molecule has 106 valence electrons. The molecule has 1 aromatic carbocycles. The van der Waals surface area contributed by atoms with Crippen molar-refractivity contribution >= 4 is 5.82 Å². The molecule has 0 bridgehead atoms. The number of nitrogen functional groups attached to an aromatic ring is 1.